The first-order chi connectivity index (χ1) is 18.1. The minimum Gasteiger partial charge on any atom is -0.338 e. The average Bonchev–Trinajstić information content (AvgIpc) is 3.47. The molecule has 0 bridgehead atoms. The summed E-state index contributed by atoms with van der Waals surface area (Å²) in [5, 5.41) is 6.47. The SMILES string of the molecule is CC(C)(N)C(=O)N1CCN(C(=O)Nc2ccn(-c3ccc4c(c3)CC(N[C@H]3CC[C@H](N)C3)C4)c(=O)n2)CC1.Cl. The highest BCUT2D eigenvalue weighted by atomic mass is 35.5. The molecule has 0 radical (unpaired) electrons. The number of fused-ring (bicyclic) bond motifs is 1. The maximum absolute atomic E-state index is 12.8. The first-order valence-corrected chi connectivity index (χ1v) is 13.4. The molecule has 1 saturated carbocycles. The quantitative estimate of drug-likeness (QED) is 0.427. The van der Waals surface area contributed by atoms with E-state index in [0.29, 0.717) is 44.3 Å². The van der Waals surface area contributed by atoms with Gasteiger partial charge in [0.2, 0.25) is 5.91 Å². The van der Waals surface area contributed by atoms with Crippen molar-refractivity contribution in [3.63, 3.8) is 0 Å². The number of rotatable bonds is 5. The number of halogens is 1. The van der Waals surface area contributed by atoms with Gasteiger partial charge in [0.05, 0.1) is 11.2 Å². The lowest BCUT2D eigenvalue weighted by molar-refractivity contribution is -0.137. The number of carbonyl (C=O) groups excluding carboxylic acids is 2. The van der Waals surface area contributed by atoms with Gasteiger partial charge in [-0.15, -0.1) is 12.4 Å². The Morgan fingerprint density at radius 2 is 1.69 bits per heavy atom. The standard InChI is InChI=1S/C27H38N8O3.ClH/c1-27(2,29)24(36)33-9-11-34(12-10-33)25(37)31-23-7-8-35(26(38)32-23)22-6-3-17-13-21(14-18(17)15-22)30-20-5-4-19(28)16-20;/h3,6-8,15,19-21,30H,4-5,9-14,16,28-29H2,1-2H3,(H,31,32,37,38);1H/t19-,20-,21?;/m0./s1. The molecule has 3 atom stereocenters. The second-order valence-corrected chi connectivity index (χ2v) is 11.4. The summed E-state index contributed by atoms with van der Waals surface area (Å²) in [5.41, 5.74) is 13.9. The fourth-order valence-corrected chi connectivity index (χ4v) is 5.75. The number of carbonyl (C=O) groups is 2. The summed E-state index contributed by atoms with van der Waals surface area (Å²) in [5.74, 6) is 0.0535. The molecule has 1 aliphatic heterocycles. The Balaban J connectivity index is 0.00000353. The summed E-state index contributed by atoms with van der Waals surface area (Å²) in [4.78, 5) is 45.3. The monoisotopic (exact) mass is 558 g/mol. The summed E-state index contributed by atoms with van der Waals surface area (Å²) >= 11 is 0. The zero-order chi connectivity index (χ0) is 27.0. The predicted octanol–water partition coefficient (Wildman–Crippen LogP) is 1.00. The largest absolute Gasteiger partial charge is 0.354 e. The van der Waals surface area contributed by atoms with E-state index >= 15 is 0 Å². The molecule has 3 amide bonds. The van der Waals surface area contributed by atoms with Crippen LogP contribution in [0.1, 0.15) is 44.2 Å². The van der Waals surface area contributed by atoms with Gasteiger partial charge in [0.15, 0.2) is 0 Å². The lowest BCUT2D eigenvalue weighted by atomic mass is 10.1. The smallest absolute Gasteiger partial charge is 0.338 e. The van der Waals surface area contributed by atoms with Crippen molar-refractivity contribution in [2.75, 3.05) is 31.5 Å². The lowest BCUT2D eigenvalue weighted by Gasteiger charge is -2.37. The van der Waals surface area contributed by atoms with Crippen molar-refractivity contribution in [1.29, 1.82) is 0 Å². The molecule has 1 saturated heterocycles. The van der Waals surface area contributed by atoms with Gasteiger partial charge in [-0.25, -0.2) is 9.59 Å². The number of hydrogen-bond donors (Lipinski definition) is 4. The number of benzene rings is 1. The van der Waals surface area contributed by atoms with E-state index in [2.05, 4.69) is 27.8 Å². The number of nitrogens with two attached hydrogens (primary N) is 2. The van der Waals surface area contributed by atoms with Gasteiger partial charge < -0.3 is 26.6 Å². The maximum atomic E-state index is 12.8. The fraction of sp³-hybridized carbons (Fsp3) is 0.556. The van der Waals surface area contributed by atoms with Gasteiger partial charge in [-0.05, 0) is 75.3 Å². The molecule has 39 heavy (non-hydrogen) atoms. The number of amides is 3. The van der Waals surface area contributed by atoms with Gasteiger partial charge in [-0.3, -0.25) is 14.7 Å². The van der Waals surface area contributed by atoms with Gasteiger partial charge in [-0.1, -0.05) is 6.07 Å². The molecule has 2 heterocycles. The fourth-order valence-electron chi connectivity index (χ4n) is 5.75. The van der Waals surface area contributed by atoms with Crippen LogP contribution >= 0.6 is 12.4 Å². The number of hydrogen-bond acceptors (Lipinski definition) is 7. The molecule has 3 aliphatic rings. The van der Waals surface area contributed by atoms with Crippen LogP contribution in [0.3, 0.4) is 0 Å². The molecular weight excluding hydrogens is 520 g/mol. The molecular formula is C27H39ClN8O3. The van der Waals surface area contributed by atoms with Crippen molar-refractivity contribution in [3.05, 3.63) is 52.1 Å². The third-order valence-corrected chi connectivity index (χ3v) is 7.79. The number of nitrogens with one attached hydrogen (secondary N) is 2. The van der Waals surface area contributed by atoms with Crippen LogP contribution < -0.4 is 27.8 Å². The number of piperazine rings is 1. The Bertz CT molecular complexity index is 1270. The second kappa shape index (κ2) is 11.6. The van der Waals surface area contributed by atoms with Crippen LogP contribution in [0.15, 0.2) is 35.3 Å². The van der Waals surface area contributed by atoms with Crippen LogP contribution in [-0.2, 0) is 17.6 Å². The Hall–Kier alpha value is -2.99. The van der Waals surface area contributed by atoms with E-state index in [0.717, 1.165) is 37.8 Å². The van der Waals surface area contributed by atoms with Crippen LogP contribution in [-0.4, -0.2) is 81.1 Å². The van der Waals surface area contributed by atoms with Crippen molar-refractivity contribution >= 4 is 30.2 Å². The number of urea groups is 1. The highest BCUT2D eigenvalue weighted by molar-refractivity contribution is 5.89. The maximum Gasteiger partial charge on any atom is 0.354 e. The summed E-state index contributed by atoms with van der Waals surface area (Å²) < 4.78 is 1.49. The minimum atomic E-state index is -0.945. The zero-order valence-corrected chi connectivity index (χ0v) is 23.4. The Morgan fingerprint density at radius 3 is 2.33 bits per heavy atom. The Morgan fingerprint density at radius 1 is 1.00 bits per heavy atom. The minimum absolute atomic E-state index is 0. The predicted molar refractivity (Wildman–Crippen MR) is 152 cm³/mol. The molecule has 1 aromatic carbocycles. The highest BCUT2D eigenvalue weighted by Gasteiger charge is 2.31. The normalized spacial score (nSPS) is 22.8. The molecule has 1 aromatic heterocycles. The van der Waals surface area contributed by atoms with Crippen LogP contribution in [0.4, 0.5) is 10.6 Å². The van der Waals surface area contributed by atoms with Crippen LogP contribution in [0, 0.1) is 0 Å². The molecule has 0 spiro atoms. The van der Waals surface area contributed by atoms with E-state index in [9.17, 15) is 14.4 Å². The molecule has 2 aliphatic carbocycles. The summed E-state index contributed by atoms with van der Waals surface area (Å²) in [6, 6.07) is 8.54. The van der Waals surface area contributed by atoms with Gasteiger partial charge in [-0.2, -0.15) is 4.98 Å². The van der Waals surface area contributed by atoms with Crippen molar-refractivity contribution in [2.24, 2.45) is 11.5 Å². The van der Waals surface area contributed by atoms with E-state index in [4.69, 9.17) is 11.5 Å². The molecule has 6 N–H and O–H groups in total. The zero-order valence-electron chi connectivity index (χ0n) is 22.6. The first kappa shape index (κ1) is 29.0. The molecule has 212 valence electrons. The van der Waals surface area contributed by atoms with Gasteiger partial charge >= 0.3 is 11.7 Å². The van der Waals surface area contributed by atoms with E-state index < -0.39 is 11.2 Å². The highest BCUT2D eigenvalue weighted by Crippen LogP contribution is 2.27. The third kappa shape index (κ3) is 6.60. The molecule has 12 heteroatoms. The topological polar surface area (TPSA) is 152 Å². The average molecular weight is 559 g/mol. The van der Waals surface area contributed by atoms with E-state index in [1.165, 1.54) is 15.7 Å². The van der Waals surface area contributed by atoms with Crippen LogP contribution in [0.25, 0.3) is 5.69 Å². The summed E-state index contributed by atoms with van der Waals surface area (Å²) in [7, 11) is 0. The first-order valence-electron chi connectivity index (χ1n) is 13.4. The Labute approximate surface area is 234 Å². The van der Waals surface area contributed by atoms with Crippen molar-refractivity contribution in [1.82, 2.24) is 24.7 Å². The molecule has 5 rings (SSSR count). The van der Waals surface area contributed by atoms with Crippen molar-refractivity contribution < 1.29 is 9.59 Å². The number of aromatic nitrogens is 2. The molecule has 2 fully saturated rings. The van der Waals surface area contributed by atoms with E-state index in [1.54, 1.807) is 35.9 Å². The lowest BCUT2D eigenvalue weighted by Crippen LogP contribution is -2.58. The summed E-state index contributed by atoms with van der Waals surface area (Å²) in [6.07, 6.45) is 6.78. The number of nitrogens with zero attached hydrogens (tertiary/aromatic N) is 4. The van der Waals surface area contributed by atoms with E-state index in [1.807, 2.05) is 6.07 Å². The second-order valence-electron chi connectivity index (χ2n) is 11.4. The van der Waals surface area contributed by atoms with Crippen molar-refractivity contribution in [2.45, 2.75) is 69.6 Å². The third-order valence-electron chi connectivity index (χ3n) is 7.79. The van der Waals surface area contributed by atoms with E-state index in [-0.39, 0.29) is 30.2 Å². The summed E-state index contributed by atoms with van der Waals surface area (Å²) in [6.45, 7) is 4.92. The molecule has 2 aromatic rings. The Kier molecular flexibility index (Phi) is 8.65. The molecule has 11 nitrogen and oxygen atoms in total. The molecule has 1 unspecified atom stereocenters. The van der Waals surface area contributed by atoms with Crippen LogP contribution in [0.5, 0.6) is 0 Å². The van der Waals surface area contributed by atoms with Gasteiger partial charge in [0.1, 0.15) is 5.82 Å². The van der Waals surface area contributed by atoms with Gasteiger partial charge in [0, 0.05) is 50.5 Å². The van der Waals surface area contributed by atoms with Crippen molar-refractivity contribution in [3.8, 4) is 5.69 Å². The van der Waals surface area contributed by atoms with Crippen LogP contribution in [0.2, 0.25) is 0 Å². The number of anilines is 1. The van der Waals surface area contributed by atoms with Gasteiger partial charge in [0.25, 0.3) is 0 Å².